The first-order valence-electron chi connectivity index (χ1n) is 6.73. The molecule has 0 saturated heterocycles. The molecule has 0 radical (unpaired) electrons. The van der Waals surface area contributed by atoms with E-state index in [1.807, 2.05) is 6.07 Å². The van der Waals surface area contributed by atoms with E-state index in [1.54, 1.807) is 6.07 Å². The minimum absolute atomic E-state index is 0.0410. The van der Waals surface area contributed by atoms with Crippen LogP contribution in [0.25, 0.3) is 0 Å². The van der Waals surface area contributed by atoms with E-state index in [1.165, 1.54) is 0 Å². The molecule has 1 heterocycles. The van der Waals surface area contributed by atoms with Crippen molar-refractivity contribution in [1.29, 1.82) is 0 Å². The zero-order chi connectivity index (χ0) is 13.8. The van der Waals surface area contributed by atoms with Gasteiger partial charge in [0.05, 0.1) is 11.4 Å². The smallest absolute Gasteiger partial charge is 0.224 e. The van der Waals surface area contributed by atoms with Crippen LogP contribution < -0.4 is 16.4 Å². The molecular formula is C14H21N3O2. The van der Waals surface area contributed by atoms with E-state index < -0.39 is 0 Å². The van der Waals surface area contributed by atoms with Crippen molar-refractivity contribution < 1.29 is 9.90 Å². The van der Waals surface area contributed by atoms with Crippen molar-refractivity contribution >= 4 is 23.0 Å². The van der Waals surface area contributed by atoms with Crippen molar-refractivity contribution in [2.24, 2.45) is 0 Å². The first-order chi connectivity index (χ1) is 9.13. The molecule has 19 heavy (non-hydrogen) atoms. The summed E-state index contributed by atoms with van der Waals surface area (Å²) in [4.78, 5) is 11.3. The van der Waals surface area contributed by atoms with Crippen LogP contribution in [0, 0.1) is 0 Å². The summed E-state index contributed by atoms with van der Waals surface area (Å²) in [6.45, 7) is 2.23. The highest BCUT2D eigenvalue weighted by atomic mass is 16.3. The molecule has 1 aromatic rings. The zero-order valence-electron chi connectivity index (χ0n) is 11.2. The van der Waals surface area contributed by atoms with Gasteiger partial charge in [-0.15, -0.1) is 0 Å². The molecule has 5 heteroatoms. The fourth-order valence-corrected chi connectivity index (χ4v) is 2.32. The summed E-state index contributed by atoms with van der Waals surface area (Å²) in [7, 11) is 0. The molecule has 0 spiro atoms. The third-order valence-electron chi connectivity index (χ3n) is 3.50. The minimum Gasteiger partial charge on any atom is -0.397 e. The van der Waals surface area contributed by atoms with Gasteiger partial charge < -0.3 is 21.5 Å². The maximum absolute atomic E-state index is 11.3. The highest BCUT2D eigenvalue weighted by molar-refractivity contribution is 5.95. The molecule has 104 valence electrons. The number of rotatable bonds is 5. The third-order valence-corrected chi connectivity index (χ3v) is 3.50. The predicted molar refractivity (Wildman–Crippen MR) is 77.2 cm³/mol. The lowest BCUT2D eigenvalue weighted by atomic mass is 10.0. The van der Waals surface area contributed by atoms with Gasteiger partial charge in [-0.2, -0.15) is 0 Å². The summed E-state index contributed by atoms with van der Waals surface area (Å²) in [5.74, 6) is 0.0410. The maximum atomic E-state index is 11.3. The molecule has 1 aliphatic heterocycles. The van der Waals surface area contributed by atoms with E-state index >= 15 is 0 Å². The maximum Gasteiger partial charge on any atom is 0.224 e. The highest BCUT2D eigenvalue weighted by Crippen LogP contribution is 2.31. The van der Waals surface area contributed by atoms with Crippen molar-refractivity contribution in [2.45, 2.75) is 38.6 Å². The van der Waals surface area contributed by atoms with Crippen LogP contribution in [0.5, 0.6) is 0 Å². The van der Waals surface area contributed by atoms with Crippen molar-refractivity contribution in [1.82, 2.24) is 0 Å². The van der Waals surface area contributed by atoms with Gasteiger partial charge in [0.15, 0.2) is 0 Å². The average molecular weight is 263 g/mol. The molecule has 1 aromatic carbocycles. The number of nitrogens with one attached hydrogen (secondary N) is 2. The zero-order valence-corrected chi connectivity index (χ0v) is 11.2. The lowest BCUT2D eigenvalue weighted by Crippen LogP contribution is -2.22. The van der Waals surface area contributed by atoms with Crippen LogP contribution in [0.3, 0.4) is 0 Å². The summed E-state index contributed by atoms with van der Waals surface area (Å²) in [6.07, 6.45) is 2.88. The normalized spacial score (nSPS) is 15.6. The second-order valence-corrected chi connectivity index (χ2v) is 4.91. The summed E-state index contributed by atoms with van der Waals surface area (Å²) in [5.41, 5.74) is 9.44. The Balaban J connectivity index is 2.20. The molecule has 1 aliphatic rings. The molecule has 0 bridgehead atoms. The van der Waals surface area contributed by atoms with E-state index in [0.29, 0.717) is 18.5 Å². The van der Waals surface area contributed by atoms with E-state index in [0.717, 1.165) is 29.8 Å². The number of aliphatic hydroxyl groups is 1. The number of carbonyl (C=O) groups is 1. The standard InChI is InChI=1S/C14H21N3O2/c1-2-10(5-6-18)16-13-7-9-3-4-14(19)17-12(9)8-11(13)15/h7-8,10,16,18H,2-6,15H2,1H3,(H,17,19). The Hall–Kier alpha value is -1.75. The van der Waals surface area contributed by atoms with Gasteiger partial charge in [0, 0.05) is 24.8 Å². The van der Waals surface area contributed by atoms with E-state index in [2.05, 4.69) is 17.6 Å². The lowest BCUT2D eigenvalue weighted by Gasteiger charge is -2.23. The number of anilines is 3. The van der Waals surface area contributed by atoms with Crippen LogP contribution in [0.4, 0.5) is 17.1 Å². The number of hydrogen-bond donors (Lipinski definition) is 4. The molecule has 0 fully saturated rings. The first kappa shape index (κ1) is 13.7. The Morgan fingerprint density at radius 1 is 1.47 bits per heavy atom. The SMILES string of the molecule is CCC(CCO)Nc1cc2c(cc1N)NC(=O)CC2. The summed E-state index contributed by atoms with van der Waals surface area (Å²) >= 11 is 0. The number of amides is 1. The van der Waals surface area contributed by atoms with Crippen LogP contribution in [-0.4, -0.2) is 23.7 Å². The number of fused-ring (bicyclic) bond motifs is 1. The molecular weight excluding hydrogens is 242 g/mol. The second kappa shape index (κ2) is 5.93. The van der Waals surface area contributed by atoms with E-state index in [-0.39, 0.29) is 18.6 Å². The first-order valence-corrected chi connectivity index (χ1v) is 6.73. The van der Waals surface area contributed by atoms with Crippen LogP contribution in [0.2, 0.25) is 0 Å². The van der Waals surface area contributed by atoms with Gasteiger partial charge >= 0.3 is 0 Å². The van der Waals surface area contributed by atoms with Gasteiger partial charge in [0.25, 0.3) is 0 Å². The van der Waals surface area contributed by atoms with Crippen LogP contribution in [-0.2, 0) is 11.2 Å². The quantitative estimate of drug-likeness (QED) is 0.609. The van der Waals surface area contributed by atoms with Gasteiger partial charge in [-0.3, -0.25) is 4.79 Å². The Morgan fingerprint density at radius 2 is 2.26 bits per heavy atom. The molecule has 5 N–H and O–H groups in total. The Labute approximate surface area is 113 Å². The summed E-state index contributed by atoms with van der Waals surface area (Å²) in [6, 6.07) is 4.02. The summed E-state index contributed by atoms with van der Waals surface area (Å²) in [5, 5.41) is 15.2. The number of nitrogen functional groups attached to an aromatic ring is 1. The lowest BCUT2D eigenvalue weighted by molar-refractivity contribution is -0.116. The van der Waals surface area contributed by atoms with Gasteiger partial charge in [-0.1, -0.05) is 6.92 Å². The van der Waals surface area contributed by atoms with E-state index in [9.17, 15) is 4.79 Å². The van der Waals surface area contributed by atoms with Gasteiger partial charge in [0.1, 0.15) is 0 Å². The second-order valence-electron chi connectivity index (χ2n) is 4.91. The van der Waals surface area contributed by atoms with Crippen LogP contribution >= 0.6 is 0 Å². The Kier molecular flexibility index (Phi) is 4.27. The number of nitrogens with two attached hydrogens (primary N) is 1. The topological polar surface area (TPSA) is 87.4 Å². The number of carbonyl (C=O) groups excluding carboxylic acids is 1. The van der Waals surface area contributed by atoms with Crippen molar-refractivity contribution in [2.75, 3.05) is 23.0 Å². The van der Waals surface area contributed by atoms with Crippen molar-refractivity contribution in [3.05, 3.63) is 17.7 Å². The Morgan fingerprint density at radius 3 is 2.95 bits per heavy atom. The molecule has 1 unspecified atom stereocenters. The fraction of sp³-hybridized carbons (Fsp3) is 0.500. The van der Waals surface area contributed by atoms with E-state index in [4.69, 9.17) is 10.8 Å². The Bertz CT molecular complexity index is 474. The van der Waals surface area contributed by atoms with Gasteiger partial charge in [-0.25, -0.2) is 0 Å². The van der Waals surface area contributed by atoms with Crippen molar-refractivity contribution in [3.8, 4) is 0 Å². The molecule has 5 nitrogen and oxygen atoms in total. The number of hydrogen-bond acceptors (Lipinski definition) is 4. The monoisotopic (exact) mass is 263 g/mol. The fourth-order valence-electron chi connectivity index (χ4n) is 2.32. The van der Waals surface area contributed by atoms with Gasteiger partial charge in [-0.05, 0) is 37.0 Å². The number of aryl methyl sites for hydroxylation is 1. The minimum atomic E-state index is 0.0410. The molecule has 0 aliphatic carbocycles. The molecule has 1 amide bonds. The molecule has 0 aromatic heterocycles. The molecule has 0 saturated carbocycles. The largest absolute Gasteiger partial charge is 0.397 e. The van der Waals surface area contributed by atoms with Gasteiger partial charge in [0.2, 0.25) is 5.91 Å². The average Bonchev–Trinajstić information content (AvgIpc) is 2.39. The van der Waals surface area contributed by atoms with Crippen LogP contribution in [0.15, 0.2) is 12.1 Å². The predicted octanol–water partition coefficient (Wildman–Crippen LogP) is 1.73. The van der Waals surface area contributed by atoms with Crippen LogP contribution in [0.1, 0.15) is 31.7 Å². The number of benzene rings is 1. The highest BCUT2D eigenvalue weighted by Gasteiger charge is 2.17. The number of aliphatic hydroxyl groups excluding tert-OH is 1. The molecule has 2 rings (SSSR count). The third kappa shape index (κ3) is 3.17. The summed E-state index contributed by atoms with van der Waals surface area (Å²) < 4.78 is 0. The van der Waals surface area contributed by atoms with Crippen molar-refractivity contribution in [3.63, 3.8) is 0 Å². The molecule has 1 atom stereocenters.